The molecule has 0 fully saturated rings. The van der Waals surface area contributed by atoms with Crippen LogP contribution in [0.4, 0.5) is 5.69 Å². The van der Waals surface area contributed by atoms with E-state index in [2.05, 4.69) is 4.72 Å². The maximum Gasteiger partial charge on any atom is 0.242 e. The molecule has 6 heteroatoms. The molecule has 1 aromatic rings. The lowest BCUT2D eigenvalue weighted by atomic mass is 9.96. The monoisotopic (exact) mass is 286 g/mol. The molecule has 0 aliphatic rings. The maximum atomic E-state index is 12.3. The molecule has 0 radical (unpaired) electrons. The summed E-state index contributed by atoms with van der Waals surface area (Å²) in [4.78, 5) is 0.126. The smallest absolute Gasteiger partial charge is 0.242 e. The first-order chi connectivity index (χ1) is 8.60. The van der Waals surface area contributed by atoms with Gasteiger partial charge in [0, 0.05) is 18.6 Å². The SMILES string of the molecule is Cc1ccc(C)c(S(=O)(=O)NCC(C)(C)CO)c1N. The zero-order valence-corrected chi connectivity index (χ0v) is 12.6. The molecule has 0 saturated carbocycles. The van der Waals surface area contributed by atoms with Crippen LogP contribution in [0.15, 0.2) is 17.0 Å². The first kappa shape index (κ1) is 15.9. The van der Waals surface area contributed by atoms with E-state index in [4.69, 9.17) is 10.8 Å². The van der Waals surface area contributed by atoms with Gasteiger partial charge in [0.05, 0.1) is 5.69 Å². The topological polar surface area (TPSA) is 92.4 Å². The molecule has 0 heterocycles. The summed E-state index contributed by atoms with van der Waals surface area (Å²) >= 11 is 0. The lowest BCUT2D eigenvalue weighted by Gasteiger charge is -2.22. The van der Waals surface area contributed by atoms with Gasteiger partial charge >= 0.3 is 0 Å². The second-order valence-electron chi connectivity index (χ2n) is 5.59. The van der Waals surface area contributed by atoms with Gasteiger partial charge in [-0.2, -0.15) is 0 Å². The van der Waals surface area contributed by atoms with Gasteiger partial charge in [-0.15, -0.1) is 0 Å². The Bertz CT molecular complexity index is 565. The van der Waals surface area contributed by atoms with Crippen molar-refractivity contribution in [3.63, 3.8) is 0 Å². The number of hydrogen-bond acceptors (Lipinski definition) is 4. The summed E-state index contributed by atoms with van der Waals surface area (Å²) in [5, 5.41) is 9.16. The third-order valence-electron chi connectivity index (χ3n) is 3.05. The second-order valence-corrected chi connectivity index (χ2v) is 7.29. The van der Waals surface area contributed by atoms with Gasteiger partial charge in [-0.25, -0.2) is 13.1 Å². The summed E-state index contributed by atoms with van der Waals surface area (Å²) in [6.07, 6.45) is 0. The Labute approximate surface area is 114 Å². The molecule has 0 aliphatic heterocycles. The third kappa shape index (κ3) is 3.68. The number of hydrogen-bond donors (Lipinski definition) is 3. The fourth-order valence-electron chi connectivity index (χ4n) is 1.58. The Morgan fingerprint density at radius 1 is 1.26 bits per heavy atom. The van der Waals surface area contributed by atoms with E-state index in [-0.39, 0.29) is 23.7 Å². The van der Waals surface area contributed by atoms with Crippen molar-refractivity contribution in [2.45, 2.75) is 32.6 Å². The molecule has 0 aromatic heterocycles. The molecule has 0 bridgehead atoms. The van der Waals surface area contributed by atoms with Gasteiger partial charge in [0.15, 0.2) is 0 Å². The minimum absolute atomic E-state index is 0.0994. The molecule has 19 heavy (non-hydrogen) atoms. The molecule has 4 N–H and O–H groups in total. The summed E-state index contributed by atoms with van der Waals surface area (Å²) in [6, 6.07) is 3.53. The summed E-state index contributed by atoms with van der Waals surface area (Å²) in [7, 11) is -3.67. The Hall–Kier alpha value is -1.11. The van der Waals surface area contributed by atoms with Crippen LogP contribution >= 0.6 is 0 Å². The van der Waals surface area contributed by atoms with E-state index in [9.17, 15) is 8.42 Å². The predicted octanol–water partition coefficient (Wildman–Crippen LogP) is 1.18. The molecule has 5 nitrogen and oxygen atoms in total. The highest BCUT2D eigenvalue weighted by molar-refractivity contribution is 7.89. The molecule has 0 saturated heterocycles. The molecule has 0 aliphatic carbocycles. The first-order valence-electron chi connectivity index (χ1n) is 6.07. The van der Waals surface area contributed by atoms with Crippen molar-refractivity contribution in [1.82, 2.24) is 4.72 Å². The second kappa shape index (κ2) is 5.48. The van der Waals surface area contributed by atoms with Crippen LogP contribution in [0, 0.1) is 19.3 Å². The number of rotatable bonds is 5. The summed E-state index contributed by atoms with van der Waals surface area (Å²) in [5.74, 6) is 0. The largest absolute Gasteiger partial charge is 0.397 e. The number of nitrogen functional groups attached to an aromatic ring is 1. The Morgan fingerprint density at radius 2 is 1.79 bits per heavy atom. The molecule has 1 rings (SSSR count). The summed E-state index contributed by atoms with van der Waals surface area (Å²) < 4.78 is 27.1. The quantitative estimate of drug-likeness (QED) is 0.709. The molecule has 1 aromatic carbocycles. The van der Waals surface area contributed by atoms with Crippen molar-refractivity contribution < 1.29 is 13.5 Å². The lowest BCUT2D eigenvalue weighted by Crippen LogP contribution is -2.36. The van der Waals surface area contributed by atoms with Crippen LogP contribution in [0.5, 0.6) is 0 Å². The summed E-state index contributed by atoms with van der Waals surface area (Å²) in [5.41, 5.74) is 6.97. The van der Waals surface area contributed by atoms with Crippen LogP contribution in [0.1, 0.15) is 25.0 Å². The van der Waals surface area contributed by atoms with E-state index in [0.717, 1.165) is 5.56 Å². The maximum absolute atomic E-state index is 12.3. The van der Waals surface area contributed by atoms with Crippen molar-refractivity contribution in [2.75, 3.05) is 18.9 Å². The number of nitrogens with two attached hydrogens (primary N) is 1. The van der Waals surface area contributed by atoms with E-state index in [0.29, 0.717) is 5.56 Å². The minimum Gasteiger partial charge on any atom is -0.397 e. The zero-order chi connectivity index (χ0) is 14.8. The number of aliphatic hydroxyl groups is 1. The highest BCUT2D eigenvalue weighted by atomic mass is 32.2. The Balaban J connectivity index is 3.12. The molecule has 0 spiro atoms. The minimum atomic E-state index is -3.67. The van der Waals surface area contributed by atoms with E-state index < -0.39 is 15.4 Å². The van der Waals surface area contributed by atoms with Crippen molar-refractivity contribution in [2.24, 2.45) is 5.41 Å². The average molecular weight is 286 g/mol. The van der Waals surface area contributed by atoms with Crippen LogP contribution in [-0.4, -0.2) is 26.7 Å². The lowest BCUT2D eigenvalue weighted by molar-refractivity contribution is 0.163. The van der Waals surface area contributed by atoms with Gasteiger partial charge in [0.25, 0.3) is 0 Å². The standard InChI is InChI=1S/C13H22N2O3S/c1-9-5-6-10(2)12(11(9)14)19(17,18)15-7-13(3,4)8-16/h5-6,15-16H,7-8,14H2,1-4H3. The normalized spacial score (nSPS) is 12.7. The van der Waals surface area contributed by atoms with Crippen LogP contribution in [0.2, 0.25) is 0 Å². The molecule has 0 amide bonds. The fraction of sp³-hybridized carbons (Fsp3) is 0.538. The van der Waals surface area contributed by atoms with Crippen molar-refractivity contribution in [3.8, 4) is 0 Å². The van der Waals surface area contributed by atoms with E-state index in [1.54, 1.807) is 39.8 Å². The van der Waals surface area contributed by atoms with Crippen LogP contribution in [0.25, 0.3) is 0 Å². The number of benzene rings is 1. The van der Waals surface area contributed by atoms with Crippen molar-refractivity contribution in [3.05, 3.63) is 23.3 Å². The predicted molar refractivity (Wildman–Crippen MR) is 76.4 cm³/mol. The molecule has 0 atom stereocenters. The number of aryl methyl sites for hydroxylation is 2. The molecular weight excluding hydrogens is 264 g/mol. The zero-order valence-electron chi connectivity index (χ0n) is 11.8. The molecule has 108 valence electrons. The first-order valence-corrected chi connectivity index (χ1v) is 7.55. The number of nitrogens with one attached hydrogen (secondary N) is 1. The highest BCUT2D eigenvalue weighted by Gasteiger charge is 2.25. The Kier molecular flexibility index (Phi) is 4.60. The fourth-order valence-corrected chi connectivity index (χ4v) is 3.25. The van der Waals surface area contributed by atoms with Gasteiger partial charge in [0.2, 0.25) is 10.0 Å². The Morgan fingerprint density at radius 3 is 2.32 bits per heavy atom. The van der Waals surface area contributed by atoms with Gasteiger partial charge in [-0.1, -0.05) is 26.0 Å². The third-order valence-corrected chi connectivity index (χ3v) is 4.65. The number of anilines is 1. The van der Waals surface area contributed by atoms with Gasteiger partial charge in [0.1, 0.15) is 4.90 Å². The van der Waals surface area contributed by atoms with Crippen LogP contribution in [0.3, 0.4) is 0 Å². The van der Waals surface area contributed by atoms with Crippen molar-refractivity contribution >= 4 is 15.7 Å². The van der Waals surface area contributed by atoms with Gasteiger partial charge in [-0.05, 0) is 25.0 Å². The molecular formula is C13H22N2O3S. The van der Waals surface area contributed by atoms with Gasteiger partial charge < -0.3 is 10.8 Å². The van der Waals surface area contributed by atoms with Crippen LogP contribution in [-0.2, 0) is 10.0 Å². The van der Waals surface area contributed by atoms with Crippen LogP contribution < -0.4 is 10.5 Å². The van der Waals surface area contributed by atoms with Crippen molar-refractivity contribution in [1.29, 1.82) is 0 Å². The number of sulfonamides is 1. The van der Waals surface area contributed by atoms with E-state index >= 15 is 0 Å². The summed E-state index contributed by atoms with van der Waals surface area (Å²) in [6.45, 7) is 7.09. The van der Waals surface area contributed by atoms with Gasteiger partial charge in [-0.3, -0.25) is 0 Å². The molecule has 0 unspecified atom stereocenters. The highest BCUT2D eigenvalue weighted by Crippen LogP contribution is 2.26. The average Bonchev–Trinajstić information content (AvgIpc) is 2.32. The number of aliphatic hydroxyl groups excluding tert-OH is 1. The van der Waals surface area contributed by atoms with E-state index in [1.165, 1.54) is 0 Å². The van der Waals surface area contributed by atoms with E-state index in [1.807, 2.05) is 0 Å².